The molecule has 8 nitrogen and oxygen atoms in total. The number of imide groups is 1. The van der Waals surface area contributed by atoms with E-state index in [1.807, 2.05) is 0 Å². The van der Waals surface area contributed by atoms with Crippen molar-refractivity contribution in [1.29, 1.82) is 0 Å². The van der Waals surface area contributed by atoms with Gasteiger partial charge in [0.1, 0.15) is 0 Å². The van der Waals surface area contributed by atoms with E-state index in [0.29, 0.717) is 4.90 Å². The first-order chi connectivity index (χ1) is 13.9. The van der Waals surface area contributed by atoms with Crippen LogP contribution in [0.5, 0.6) is 0 Å². The first kappa shape index (κ1) is 27.9. The van der Waals surface area contributed by atoms with E-state index in [2.05, 4.69) is 11.4 Å². The molecular weight excluding hydrogens is 397 g/mol. The van der Waals surface area contributed by atoms with Gasteiger partial charge >= 0.3 is 7.82 Å². The van der Waals surface area contributed by atoms with Crippen molar-refractivity contribution in [2.45, 2.75) is 96.1 Å². The Hall–Kier alpha value is -1.05. The molecule has 0 aromatic carbocycles. The van der Waals surface area contributed by atoms with Gasteiger partial charge in [-0.2, -0.15) is 0 Å². The molecule has 2 amide bonds. The molecule has 170 valence electrons. The monoisotopic (exact) mass is 435 g/mol. The van der Waals surface area contributed by atoms with Crippen LogP contribution in [0.3, 0.4) is 0 Å². The Labute approximate surface area is 174 Å². The minimum absolute atomic E-state index is 0.182. The van der Waals surface area contributed by atoms with E-state index in [4.69, 9.17) is 9.79 Å². The highest BCUT2D eigenvalue weighted by Crippen LogP contribution is 2.36. The zero-order valence-corrected chi connectivity index (χ0v) is 18.4. The molecule has 2 unspecified atom stereocenters. The number of nitrogens with zero attached hydrogens (tertiary/aromatic N) is 1. The summed E-state index contributed by atoms with van der Waals surface area (Å²) in [7, 11) is -4.77. The first-order valence-corrected chi connectivity index (χ1v) is 12.1. The number of carbonyl (C=O) groups excluding carboxylic acids is 2. The van der Waals surface area contributed by atoms with Gasteiger partial charge < -0.3 is 14.9 Å². The predicted octanol–water partition coefficient (Wildman–Crippen LogP) is 3.70. The summed E-state index contributed by atoms with van der Waals surface area (Å²) >= 11 is 0. The molecule has 0 aliphatic carbocycles. The van der Waals surface area contributed by atoms with Gasteiger partial charge in [-0.25, -0.2) is 4.57 Å². The molecule has 0 aliphatic heterocycles. The predicted molar refractivity (Wildman–Crippen MR) is 112 cm³/mol. The third-order valence-electron chi connectivity index (χ3n) is 4.74. The summed E-state index contributed by atoms with van der Waals surface area (Å²) in [6.45, 7) is 1.56. The van der Waals surface area contributed by atoms with Crippen molar-refractivity contribution in [3.05, 3.63) is 12.2 Å². The molecule has 0 saturated heterocycles. The van der Waals surface area contributed by atoms with Gasteiger partial charge in [-0.15, -0.1) is 0 Å². The molecule has 0 saturated carbocycles. The SMILES string of the molecule is CCCCCCCCCCCCC/C=C/C(O)C(COP(=O)(O)O)N(C=O)C=O. The zero-order chi connectivity index (χ0) is 22.0. The Kier molecular flexibility index (Phi) is 17.1. The Bertz CT molecular complexity index is 487. The van der Waals surface area contributed by atoms with E-state index in [-0.39, 0.29) is 12.8 Å². The van der Waals surface area contributed by atoms with Crippen molar-refractivity contribution in [2.24, 2.45) is 0 Å². The van der Waals surface area contributed by atoms with Gasteiger partial charge in [0.2, 0.25) is 12.8 Å². The van der Waals surface area contributed by atoms with Gasteiger partial charge in [-0.05, 0) is 12.8 Å². The molecule has 0 heterocycles. The lowest BCUT2D eigenvalue weighted by Crippen LogP contribution is -2.44. The topological polar surface area (TPSA) is 124 Å². The molecule has 0 rings (SSSR count). The fourth-order valence-electron chi connectivity index (χ4n) is 3.01. The number of rotatable bonds is 20. The van der Waals surface area contributed by atoms with E-state index < -0.39 is 26.6 Å². The smallest absolute Gasteiger partial charge is 0.387 e. The molecule has 0 aromatic heterocycles. The number of amides is 2. The molecule has 0 bridgehead atoms. The summed E-state index contributed by atoms with van der Waals surface area (Å²) < 4.78 is 15.1. The molecule has 0 radical (unpaired) electrons. The van der Waals surface area contributed by atoms with E-state index >= 15 is 0 Å². The van der Waals surface area contributed by atoms with Crippen molar-refractivity contribution in [1.82, 2.24) is 4.90 Å². The van der Waals surface area contributed by atoms with Crippen LogP contribution in [-0.2, 0) is 18.7 Å². The standard InChI is InChI=1S/C20H38NO7P/c1-2-3-4-5-6-7-8-9-10-11-12-13-14-15-20(24)19(21(17-22)18-23)16-28-29(25,26)27/h14-15,17-20,24H,2-13,16H2,1H3,(H2,25,26,27)/b15-14+. The van der Waals surface area contributed by atoms with Gasteiger partial charge in [0.25, 0.3) is 0 Å². The van der Waals surface area contributed by atoms with E-state index in [9.17, 15) is 19.3 Å². The highest BCUT2D eigenvalue weighted by molar-refractivity contribution is 7.46. The zero-order valence-electron chi connectivity index (χ0n) is 17.5. The maximum absolute atomic E-state index is 10.9. The second kappa shape index (κ2) is 17.8. The molecule has 2 atom stereocenters. The second-order valence-corrected chi connectivity index (χ2v) is 8.49. The van der Waals surface area contributed by atoms with Gasteiger partial charge in [-0.3, -0.25) is 19.0 Å². The fraction of sp³-hybridized carbons (Fsp3) is 0.800. The largest absolute Gasteiger partial charge is 0.469 e. The van der Waals surface area contributed by atoms with Crippen LogP contribution in [0.15, 0.2) is 12.2 Å². The molecule has 0 fully saturated rings. The highest BCUT2D eigenvalue weighted by atomic mass is 31.2. The minimum Gasteiger partial charge on any atom is -0.387 e. The summed E-state index contributed by atoms with van der Waals surface area (Å²) in [6.07, 6.45) is 16.7. The van der Waals surface area contributed by atoms with E-state index in [1.165, 1.54) is 63.9 Å². The number of phosphoric acid groups is 1. The fourth-order valence-corrected chi connectivity index (χ4v) is 3.35. The Morgan fingerprint density at radius 1 is 0.897 bits per heavy atom. The summed E-state index contributed by atoms with van der Waals surface area (Å²) in [5, 5.41) is 10.1. The van der Waals surface area contributed by atoms with Crippen molar-refractivity contribution >= 4 is 20.6 Å². The van der Waals surface area contributed by atoms with Crippen LogP contribution < -0.4 is 0 Å². The van der Waals surface area contributed by atoms with Crippen LogP contribution in [0.4, 0.5) is 0 Å². The van der Waals surface area contributed by atoms with Crippen LogP contribution in [-0.4, -0.2) is 51.4 Å². The number of allylic oxidation sites excluding steroid dienone is 1. The maximum Gasteiger partial charge on any atom is 0.469 e. The lowest BCUT2D eigenvalue weighted by atomic mass is 10.0. The van der Waals surface area contributed by atoms with Crippen molar-refractivity contribution in [3.8, 4) is 0 Å². The quantitative estimate of drug-likeness (QED) is 0.115. The summed E-state index contributed by atoms with van der Waals surface area (Å²) in [5.41, 5.74) is 0. The van der Waals surface area contributed by atoms with Crippen molar-refractivity contribution in [2.75, 3.05) is 6.61 Å². The van der Waals surface area contributed by atoms with Crippen LogP contribution in [0, 0.1) is 0 Å². The van der Waals surface area contributed by atoms with Crippen LogP contribution in [0.2, 0.25) is 0 Å². The number of aliphatic hydroxyl groups excluding tert-OH is 1. The summed E-state index contributed by atoms with van der Waals surface area (Å²) in [4.78, 5) is 39.9. The van der Waals surface area contributed by atoms with Crippen molar-refractivity contribution in [3.63, 3.8) is 0 Å². The normalized spacial score (nSPS) is 14.1. The average molecular weight is 435 g/mol. The number of hydrogen-bond donors (Lipinski definition) is 3. The van der Waals surface area contributed by atoms with Gasteiger partial charge in [-0.1, -0.05) is 83.3 Å². The van der Waals surface area contributed by atoms with Gasteiger partial charge in [0.15, 0.2) is 0 Å². The summed E-state index contributed by atoms with van der Waals surface area (Å²) in [6, 6.07) is -1.20. The average Bonchev–Trinajstić information content (AvgIpc) is 2.67. The molecular formula is C20H38NO7P. The van der Waals surface area contributed by atoms with E-state index in [1.54, 1.807) is 6.08 Å². The Balaban J connectivity index is 4.01. The number of aliphatic hydroxyl groups is 1. The maximum atomic E-state index is 10.9. The third-order valence-corrected chi connectivity index (χ3v) is 5.23. The molecule has 9 heteroatoms. The van der Waals surface area contributed by atoms with Crippen LogP contribution in [0.1, 0.15) is 84.0 Å². The number of unbranched alkanes of at least 4 members (excludes halogenated alkanes) is 11. The van der Waals surface area contributed by atoms with Gasteiger partial charge in [0, 0.05) is 0 Å². The Morgan fingerprint density at radius 2 is 1.38 bits per heavy atom. The van der Waals surface area contributed by atoms with Crippen LogP contribution >= 0.6 is 7.82 Å². The Morgan fingerprint density at radius 3 is 1.83 bits per heavy atom. The number of carbonyl (C=O) groups is 2. The third kappa shape index (κ3) is 16.4. The molecule has 3 N–H and O–H groups in total. The molecule has 0 spiro atoms. The number of hydrogen-bond acceptors (Lipinski definition) is 5. The molecule has 0 aliphatic rings. The highest BCUT2D eigenvalue weighted by Gasteiger charge is 2.27. The first-order valence-electron chi connectivity index (χ1n) is 10.6. The lowest BCUT2D eigenvalue weighted by Gasteiger charge is -2.26. The van der Waals surface area contributed by atoms with Crippen molar-refractivity contribution < 1.29 is 33.6 Å². The number of phosphoric ester groups is 1. The lowest BCUT2D eigenvalue weighted by molar-refractivity contribution is -0.135. The minimum atomic E-state index is -4.77. The van der Waals surface area contributed by atoms with E-state index in [0.717, 1.165) is 19.3 Å². The second-order valence-electron chi connectivity index (χ2n) is 7.25. The van der Waals surface area contributed by atoms with Gasteiger partial charge in [0.05, 0.1) is 18.8 Å². The molecule has 0 aromatic rings. The summed E-state index contributed by atoms with van der Waals surface area (Å²) in [5.74, 6) is 0. The van der Waals surface area contributed by atoms with Crippen LogP contribution in [0.25, 0.3) is 0 Å². The molecule has 29 heavy (non-hydrogen) atoms.